The Morgan fingerprint density at radius 3 is 2.70 bits per heavy atom. The van der Waals surface area contributed by atoms with E-state index in [-0.39, 0.29) is 0 Å². The average Bonchev–Trinajstić information content (AvgIpc) is 2.75. The van der Waals surface area contributed by atoms with Crippen molar-refractivity contribution in [2.24, 2.45) is 9.98 Å². The molecule has 2 heterocycles. The van der Waals surface area contributed by atoms with E-state index >= 15 is 0 Å². The second-order valence-electron chi connectivity index (χ2n) is 5.79. The summed E-state index contributed by atoms with van der Waals surface area (Å²) in [5.41, 5.74) is 4.65. The van der Waals surface area contributed by atoms with Crippen LogP contribution in [0.15, 0.2) is 71.2 Å². The largest absolute Gasteiger partial charge is 0.495 e. The summed E-state index contributed by atoms with van der Waals surface area (Å²) in [6.45, 7) is 4.29. The van der Waals surface area contributed by atoms with Crippen LogP contribution in [-0.2, 0) is 6.54 Å². The number of nitrogens with zero attached hydrogens (tertiary/aromatic N) is 4. The van der Waals surface area contributed by atoms with Crippen LogP contribution in [0.25, 0.3) is 11.1 Å². The maximum atomic E-state index is 5.27. The molecule has 3 rings (SSSR count). The van der Waals surface area contributed by atoms with Gasteiger partial charge in [0.1, 0.15) is 11.6 Å². The summed E-state index contributed by atoms with van der Waals surface area (Å²) in [5.74, 6) is 1.44. The number of pyridine rings is 2. The molecule has 0 aliphatic carbocycles. The molecule has 0 saturated carbocycles. The fourth-order valence-corrected chi connectivity index (χ4v) is 2.71. The van der Waals surface area contributed by atoms with Gasteiger partial charge in [-0.15, -0.1) is 0 Å². The third-order valence-electron chi connectivity index (χ3n) is 4.11. The molecule has 1 N–H and O–H groups in total. The molecule has 3 aromatic rings. The van der Waals surface area contributed by atoms with E-state index < -0.39 is 0 Å². The number of ether oxygens (including phenoxy) is 1. The summed E-state index contributed by atoms with van der Waals surface area (Å²) in [5, 5.41) is 3.36. The summed E-state index contributed by atoms with van der Waals surface area (Å²) in [6.07, 6.45) is 7.06. The highest BCUT2D eigenvalue weighted by Crippen LogP contribution is 2.28. The Labute approximate surface area is 158 Å². The van der Waals surface area contributed by atoms with Gasteiger partial charge in [0.05, 0.1) is 19.0 Å². The lowest BCUT2D eigenvalue weighted by Crippen LogP contribution is -2.24. The van der Waals surface area contributed by atoms with Crippen LogP contribution in [0.5, 0.6) is 5.75 Å². The molecule has 136 valence electrons. The summed E-state index contributed by atoms with van der Waals surface area (Å²) in [7, 11) is 3.37. The Bertz CT molecular complexity index is 954. The number of hydrogen-bond donors (Lipinski definition) is 1. The molecule has 27 heavy (non-hydrogen) atoms. The first-order valence-electron chi connectivity index (χ1n) is 8.45. The van der Waals surface area contributed by atoms with Gasteiger partial charge in [-0.1, -0.05) is 12.1 Å². The van der Waals surface area contributed by atoms with Crippen LogP contribution in [0.1, 0.15) is 11.1 Å². The molecule has 0 aliphatic heterocycles. The second kappa shape index (κ2) is 8.71. The second-order valence-corrected chi connectivity index (χ2v) is 5.79. The SMILES string of the molecule is C=Nc1ccc(-c2cncc(OC)c2)cc1C(=NC)NCc1cccnc1. The van der Waals surface area contributed by atoms with Crippen LogP contribution < -0.4 is 10.1 Å². The molecular formula is C21H21N5O. The van der Waals surface area contributed by atoms with Crippen LogP contribution in [0.2, 0.25) is 0 Å². The van der Waals surface area contributed by atoms with Gasteiger partial charge in [0.25, 0.3) is 0 Å². The molecule has 2 aromatic heterocycles. The molecule has 0 unspecified atom stereocenters. The van der Waals surface area contributed by atoms with Crippen molar-refractivity contribution in [1.82, 2.24) is 15.3 Å². The van der Waals surface area contributed by atoms with E-state index in [1.165, 1.54) is 0 Å². The lowest BCUT2D eigenvalue weighted by atomic mass is 10.0. The van der Waals surface area contributed by atoms with Crippen LogP contribution in [-0.4, -0.2) is 36.7 Å². The predicted octanol–water partition coefficient (Wildman–Crippen LogP) is 3.65. The van der Waals surface area contributed by atoms with Crippen molar-refractivity contribution in [2.75, 3.05) is 14.2 Å². The Morgan fingerprint density at radius 1 is 1.11 bits per heavy atom. The molecule has 0 bridgehead atoms. The van der Waals surface area contributed by atoms with E-state index in [1.807, 2.05) is 42.6 Å². The van der Waals surface area contributed by atoms with Crippen molar-refractivity contribution < 1.29 is 4.74 Å². The first-order valence-corrected chi connectivity index (χ1v) is 8.45. The van der Waals surface area contributed by atoms with Crippen molar-refractivity contribution in [2.45, 2.75) is 6.54 Å². The van der Waals surface area contributed by atoms with Crippen molar-refractivity contribution >= 4 is 18.2 Å². The first-order chi connectivity index (χ1) is 13.2. The fourth-order valence-electron chi connectivity index (χ4n) is 2.71. The lowest BCUT2D eigenvalue weighted by molar-refractivity contribution is 0.413. The third-order valence-corrected chi connectivity index (χ3v) is 4.11. The first kappa shape index (κ1) is 18.3. The molecule has 0 amide bonds. The van der Waals surface area contributed by atoms with Gasteiger partial charge in [0.2, 0.25) is 0 Å². The number of hydrogen-bond acceptors (Lipinski definition) is 5. The number of amidine groups is 1. The average molecular weight is 359 g/mol. The summed E-state index contributed by atoms with van der Waals surface area (Å²) in [6, 6.07) is 11.8. The highest BCUT2D eigenvalue weighted by atomic mass is 16.5. The Morgan fingerprint density at radius 2 is 2.00 bits per heavy atom. The third kappa shape index (κ3) is 4.36. The van der Waals surface area contributed by atoms with Gasteiger partial charge in [0.15, 0.2) is 0 Å². The normalized spacial score (nSPS) is 11.1. The summed E-state index contributed by atoms with van der Waals surface area (Å²) >= 11 is 0. The fraction of sp³-hybridized carbons (Fsp3) is 0.143. The molecule has 0 saturated heterocycles. The molecule has 1 aromatic carbocycles. The molecule has 0 aliphatic rings. The van der Waals surface area contributed by atoms with Crippen LogP contribution >= 0.6 is 0 Å². The van der Waals surface area contributed by atoms with Gasteiger partial charge in [-0.05, 0) is 42.1 Å². The smallest absolute Gasteiger partial charge is 0.137 e. The number of aliphatic imine (C=N–C) groups is 2. The highest BCUT2D eigenvalue weighted by molar-refractivity contribution is 6.04. The topological polar surface area (TPSA) is 71.8 Å². The molecule has 0 spiro atoms. The summed E-state index contributed by atoms with van der Waals surface area (Å²) < 4.78 is 5.27. The van der Waals surface area contributed by atoms with Crippen molar-refractivity contribution in [3.05, 3.63) is 72.3 Å². The maximum absolute atomic E-state index is 5.27. The van der Waals surface area contributed by atoms with Crippen LogP contribution in [0, 0.1) is 0 Å². The number of benzene rings is 1. The highest BCUT2D eigenvalue weighted by Gasteiger charge is 2.11. The van der Waals surface area contributed by atoms with Crippen LogP contribution in [0.4, 0.5) is 5.69 Å². The number of rotatable bonds is 6. The van der Waals surface area contributed by atoms with Gasteiger partial charge in [-0.2, -0.15) is 0 Å². The minimum absolute atomic E-state index is 0.613. The van der Waals surface area contributed by atoms with Crippen molar-refractivity contribution in [3.8, 4) is 16.9 Å². The van der Waals surface area contributed by atoms with Crippen molar-refractivity contribution in [1.29, 1.82) is 0 Å². The summed E-state index contributed by atoms with van der Waals surface area (Å²) in [4.78, 5) is 16.9. The number of nitrogens with one attached hydrogen (secondary N) is 1. The minimum Gasteiger partial charge on any atom is -0.495 e. The monoisotopic (exact) mass is 359 g/mol. The van der Waals surface area contributed by atoms with E-state index in [0.29, 0.717) is 12.3 Å². The lowest BCUT2D eigenvalue weighted by Gasteiger charge is -2.14. The quantitative estimate of drug-likeness (QED) is 0.539. The molecule has 0 radical (unpaired) electrons. The van der Waals surface area contributed by atoms with Crippen LogP contribution in [0.3, 0.4) is 0 Å². The zero-order valence-electron chi connectivity index (χ0n) is 15.4. The van der Waals surface area contributed by atoms with E-state index in [4.69, 9.17) is 4.74 Å². The molecule has 0 atom stereocenters. The maximum Gasteiger partial charge on any atom is 0.137 e. The van der Waals surface area contributed by atoms with Gasteiger partial charge in [-0.3, -0.25) is 20.0 Å². The van der Waals surface area contributed by atoms with E-state index in [0.717, 1.165) is 33.8 Å². The molecule has 0 fully saturated rings. The zero-order chi connectivity index (χ0) is 19.1. The number of aromatic nitrogens is 2. The molecule has 6 nitrogen and oxygen atoms in total. The molecule has 6 heteroatoms. The standard InChI is InChI=1S/C21H21N5O/c1-22-20-7-6-16(17-9-18(27-3)14-25-13-17)10-19(20)21(23-2)26-12-15-5-4-8-24-11-15/h4-11,13-14H,1,12H2,2-3H3,(H,23,26). The number of methoxy groups -OCH3 is 1. The van der Waals surface area contributed by atoms with E-state index in [9.17, 15) is 0 Å². The Kier molecular flexibility index (Phi) is 5.89. The van der Waals surface area contributed by atoms with E-state index in [2.05, 4.69) is 32.0 Å². The predicted molar refractivity (Wildman–Crippen MR) is 109 cm³/mol. The Balaban J connectivity index is 1.93. The molecular weight excluding hydrogens is 338 g/mol. The Hall–Kier alpha value is -3.54. The zero-order valence-corrected chi connectivity index (χ0v) is 15.4. The van der Waals surface area contributed by atoms with Gasteiger partial charge < -0.3 is 10.1 Å². The van der Waals surface area contributed by atoms with Gasteiger partial charge >= 0.3 is 0 Å². The van der Waals surface area contributed by atoms with E-state index in [1.54, 1.807) is 32.7 Å². The van der Waals surface area contributed by atoms with Gasteiger partial charge in [0, 0.05) is 43.3 Å². The van der Waals surface area contributed by atoms with Gasteiger partial charge in [-0.25, -0.2) is 0 Å². The minimum atomic E-state index is 0.613. The van der Waals surface area contributed by atoms with Crippen molar-refractivity contribution in [3.63, 3.8) is 0 Å².